The van der Waals surface area contributed by atoms with Crippen LogP contribution in [0.4, 0.5) is 4.39 Å². The zero-order valence-electron chi connectivity index (χ0n) is 13.2. The third-order valence-electron chi connectivity index (χ3n) is 3.49. The van der Waals surface area contributed by atoms with Crippen molar-refractivity contribution in [2.24, 2.45) is 0 Å². The second kappa shape index (κ2) is 8.35. The number of hydrogen-bond acceptors (Lipinski definition) is 3. The third kappa shape index (κ3) is 4.18. The molecule has 0 saturated carbocycles. The van der Waals surface area contributed by atoms with Crippen LogP contribution in [0.1, 0.15) is 9.80 Å². The second-order valence-corrected chi connectivity index (χ2v) is 7.55. The predicted octanol–water partition coefficient (Wildman–Crippen LogP) is 6.14. The largest absolute Gasteiger partial charge is 0.347 e. The number of hydrogen-bond donors (Lipinski definition) is 1. The van der Waals surface area contributed by atoms with Gasteiger partial charge in [-0.05, 0) is 35.9 Å². The molecule has 134 valence electrons. The molecule has 0 bridgehead atoms. The highest BCUT2D eigenvalue weighted by Gasteiger charge is 2.20. The lowest BCUT2D eigenvalue weighted by Gasteiger charge is -2.05. The summed E-state index contributed by atoms with van der Waals surface area (Å²) in [6, 6.07) is 12.3. The van der Waals surface area contributed by atoms with Crippen LogP contribution in [0, 0.1) is 0 Å². The summed E-state index contributed by atoms with van der Waals surface area (Å²) < 4.78 is 12.3. The number of carbonyl (C=O) groups is 1. The van der Waals surface area contributed by atoms with E-state index in [1.807, 2.05) is 12.1 Å². The van der Waals surface area contributed by atoms with Gasteiger partial charge in [0.2, 0.25) is 0 Å². The minimum absolute atomic E-state index is 0.0638. The van der Waals surface area contributed by atoms with E-state index in [1.165, 1.54) is 11.3 Å². The third-order valence-corrected chi connectivity index (χ3v) is 5.40. The molecule has 0 aliphatic rings. The lowest BCUT2D eigenvalue weighted by Crippen LogP contribution is -2.25. The summed E-state index contributed by atoms with van der Waals surface area (Å²) in [6.45, 7) is -0.706. The van der Waals surface area contributed by atoms with Crippen LogP contribution < -0.4 is 5.32 Å². The highest BCUT2D eigenvalue weighted by molar-refractivity contribution is 7.17. The Morgan fingerprint density at radius 2 is 1.77 bits per heavy atom. The average molecular weight is 430 g/mol. The van der Waals surface area contributed by atoms with Gasteiger partial charge in [-0.1, -0.05) is 46.9 Å². The number of thiazole rings is 1. The van der Waals surface area contributed by atoms with E-state index in [9.17, 15) is 9.18 Å². The van der Waals surface area contributed by atoms with Crippen molar-refractivity contribution in [3.8, 4) is 21.7 Å². The quantitative estimate of drug-likeness (QED) is 0.529. The molecule has 0 spiro atoms. The fraction of sp³-hybridized carbons (Fsp3) is 0.111. The highest BCUT2D eigenvalue weighted by Crippen LogP contribution is 2.40. The van der Waals surface area contributed by atoms with Crippen molar-refractivity contribution < 1.29 is 9.18 Å². The smallest absolute Gasteiger partial charge is 0.280 e. The molecule has 1 amide bonds. The summed E-state index contributed by atoms with van der Waals surface area (Å²) in [7, 11) is 0. The van der Waals surface area contributed by atoms with Crippen molar-refractivity contribution in [2.75, 3.05) is 13.2 Å². The van der Waals surface area contributed by atoms with E-state index in [2.05, 4.69) is 10.3 Å². The van der Waals surface area contributed by atoms with Crippen LogP contribution in [0.25, 0.3) is 21.7 Å². The number of nitrogens with one attached hydrogen (secondary N) is 1. The molecule has 0 aliphatic carbocycles. The Labute approximate surface area is 168 Å². The minimum atomic E-state index is -0.642. The Morgan fingerprint density at radius 1 is 1.08 bits per heavy atom. The standard InChI is InChI=1S/C18H12Cl3FN2OS/c19-11-3-1-10(2-4-11)16-15(13-6-5-12(20)9-14(13)21)24-18(26-16)17(25)23-8-7-22/h1-6,9H,7-8H2,(H,23,25). The van der Waals surface area contributed by atoms with Crippen molar-refractivity contribution in [2.45, 2.75) is 0 Å². The maximum absolute atomic E-state index is 12.3. The van der Waals surface area contributed by atoms with Crippen molar-refractivity contribution >= 4 is 52.0 Å². The zero-order chi connectivity index (χ0) is 18.7. The van der Waals surface area contributed by atoms with Gasteiger partial charge in [0.15, 0.2) is 5.01 Å². The van der Waals surface area contributed by atoms with Gasteiger partial charge in [-0.2, -0.15) is 0 Å². The number of halogens is 4. The van der Waals surface area contributed by atoms with Gasteiger partial charge in [0.05, 0.1) is 15.6 Å². The average Bonchev–Trinajstić information content (AvgIpc) is 3.05. The minimum Gasteiger partial charge on any atom is -0.347 e. The van der Waals surface area contributed by atoms with Crippen LogP contribution in [-0.2, 0) is 0 Å². The number of amides is 1. The van der Waals surface area contributed by atoms with Crippen molar-refractivity contribution in [3.05, 3.63) is 62.5 Å². The van der Waals surface area contributed by atoms with E-state index in [4.69, 9.17) is 34.8 Å². The Hall–Kier alpha value is -1.66. The molecule has 0 fully saturated rings. The molecule has 1 N–H and O–H groups in total. The van der Waals surface area contributed by atoms with E-state index in [0.29, 0.717) is 26.3 Å². The molecular weight excluding hydrogens is 418 g/mol. The lowest BCUT2D eigenvalue weighted by molar-refractivity contribution is 0.0950. The van der Waals surface area contributed by atoms with Gasteiger partial charge in [-0.15, -0.1) is 11.3 Å². The highest BCUT2D eigenvalue weighted by atomic mass is 35.5. The number of carbonyl (C=O) groups excluding carboxylic acids is 1. The van der Waals surface area contributed by atoms with Gasteiger partial charge in [0, 0.05) is 22.2 Å². The molecule has 0 unspecified atom stereocenters. The van der Waals surface area contributed by atoms with E-state index >= 15 is 0 Å². The molecular formula is C18H12Cl3FN2OS. The summed E-state index contributed by atoms with van der Waals surface area (Å²) >= 11 is 19.5. The van der Waals surface area contributed by atoms with Gasteiger partial charge in [0.25, 0.3) is 5.91 Å². The maximum Gasteiger partial charge on any atom is 0.280 e. The van der Waals surface area contributed by atoms with Crippen LogP contribution in [0.3, 0.4) is 0 Å². The number of alkyl halides is 1. The second-order valence-electron chi connectivity index (χ2n) is 5.27. The molecule has 0 radical (unpaired) electrons. The van der Waals surface area contributed by atoms with E-state index in [1.54, 1.807) is 30.3 Å². The molecule has 3 nitrogen and oxygen atoms in total. The van der Waals surface area contributed by atoms with Crippen molar-refractivity contribution in [3.63, 3.8) is 0 Å². The first-order valence-corrected chi connectivity index (χ1v) is 9.51. The number of benzene rings is 2. The molecule has 0 aliphatic heterocycles. The van der Waals surface area contributed by atoms with Crippen LogP contribution >= 0.6 is 46.1 Å². The van der Waals surface area contributed by atoms with Gasteiger partial charge in [-0.25, -0.2) is 9.37 Å². The molecule has 8 heteroatoms. The Bertz CT molecular complexity index is 944. The Morgan fingerprint density at radius 3 is 2.42 bits per heavy atom. The van der Waals surface area contributed by atoms with Crippen molar-refractivity contribution in [1.29, 1.82) is 0 Å². The molecule has 0 atom stereocenters. The van der Waals surface area contributed by atoms with Gasteiger partial charge >= 0.3 is 0 Å². The first kappa shape index (κ1) is 19.1. The predicted molar refractivity (Wildman–Crippen MR) is 106 cm³/mol. The number of rotatable bonds is 5. The first-order valence-electron chi connectivity index (χ1n) is 7.56. The topological polar surface area (TPSA) is 42.0 Å². The van der Waals surface area contributed by atoms with E-state index < -0.39 is 12.6 Å². The normalized spacial score (nSPS) is 10.8. The monoisotopic (exact) mass is 428 g/mol. The molecule has 0 saturated heterocycles. The lowest BCUT2D eigenvalue weighted by atomic mass is 10.1. The summed E-state index contributed by atoms with van der Waals surface area (Å²) in [4.78, 5) is 17.4. The summed E-state index contributed by atoms with van der Waals surface area (Å²) in [5.74, 6) is -0.431. The first-order chi connectivity index (χ1) is 12.5. The van der Waals surface area contributed by atoms with Gasteiger partial charge in [-0.3, -0.25) is 4.79 Å². The number of aromatic nitrogens is 1. The van der Waals surface area contributed by atoms with Crippen LogP contribution in [-0.4, -0.2) is 24.1 Å². The Balaban J connectivity index is 2.12. The summed E-state index contributed by atoms with van der Waals surface area (Å²) in [6.07, 6.45) is 0. The molecule has 26 heavy (non-hydrogen) atoms. The van der Waals surface area contributed by atoms with Crippen LogP contribution in [0.2, 0.25) is 15.1 Å². The van der Waals surface area contributed by atoms with E-state index in [-0.39, 0.29) is 11.6 Å². The fourth-order valence-electron chi connectivity index (χ4n) is 2.31. The molecule has 3 aromatic rings. The molecule has 2 aromatic carbocycles. The van der Waals surface area contributed by atoms with Gasteiger partial charge in [0.1, 0.15) is 6.67 Å². The van der Waals surface area contributed by atoms with Crippen LogP contribution in [0.5, 0.6) is 0 Å². The summed E-state index contributed by atoms with van der Waals surface area (Å²) in [5.41, 5.74) is 2.06. The number of nitrogens with zero attached hydrogens (tertiary/aromatic N) is 1. The molecule has 3 rings (SSSR count). The van der Waals surface area contributed by atoms with Crippen LogP contribution in [0.15, 0.2) is 42.5 Å². The van der Waals surface area contributed by atoms with Crippen molar-refractivity contribution in [1.82, 2.24) is 10.3 Å². The fourth-order valence-corrected chi connectivity index (χ4v) is 3.94. The van der Waals surface area contributed by atoms with E-state index in [0.717, 1.165) is 10.4 Å². The summed E-state index contributed by atoms with van der Waals surface area (Å²) in [5, 5.41) is 4.24. The maximum atomic E-state index is 12.3. The zero-order valence-corrected chi connectivity index (χ0v) is 16.3. The SMILES string of the molecule is O=C(NCCF)c1nc(-c2ccc(Cl)cc2Cl)c(-c2ccc(Cl)cc2)s1. The van der Waals surface area contributed by atoms with Gasteiger partial charge < -0.3 is 5.32 Å². The molecule has 1 heterocycles. The molecule has 1 aromatic heterocycles. The Kier molecular flexibility index (Phi) is 6.14.